The van der Waals surface area contributed by atoms with Gasteiger partial charge < -0.3 is 19.8 Å². The van der Waals surface area contributed by atoms with E-state index < -0.39 is 17.9 Å². The normalized spacial score (nSPS) is 10.2. The Labute approximate surface area is 204 Å². The first-order chi connectivity index (χ1) is 13.4. The summed E-state index contributed by atoms with van der Waals surface area (Å²) in [6, 6.07) is 0. The molecule has 0 fully saturated rings. The number of thiol groups is 1. The van der Waals surface area contributed by atoms with Crippen LogP contribution in [0.2, 0.25) is 8.87 Å². The van der Waals surface area contributed by atoms with Gasteiger partial charge in [0, 0.05) is 11.9 Å². The predicted octanol–water partition coefficient (Wildman–Crippen LogP) is 3.81. The van der Waals surface area contributed by atoms with E-state index in [1.54, 1.807) is 0 Å². The maximum absolute atomic E-state index is 10.7. The van der Waals surface area contributed by atoms with Gasteiger partial charge in [0.05, 0.1) is 0 Å². The van der Waals surface area contributed by atoms with Gasteiger partial charge in [-0.15, -0.1) is 0 Å². The average molecular weight is 662 g/mol. The third-order valence-electron chi connectivity index (χ3n) is 3.76. The van der Waals surface area contributed by atoms with E-state index in [0.29, 0.717) is 25.0 Å². The summed E-state index contributed by atoms with van der Waals surface area (Å²) in [5.41, 5.74) is 0. The van der Waals surface area contributed by atoms with Gasteiger partial charge in [-0.05, 0) is 37.4 Å². The van der Waals surface area contributed by atoms with Crippen molar-refractivity contribution in [2.24, 2.45) is 5.92 Å². The van der Waals surface area contributed by atoms with Crippen LogP contribution >= 0.6 is 31.2 Å². The molecule has 0 aromatic rings. The molecule has 0 aromatic heterocycles. The fourth-order valence-corrected chi connectivity index (χ4v) is 7.14. The minimum absolute atomic E-state index is 0.0839. The molecular formula is C19H36O4S3Sn2. The van der Waals surface area contributed by atoms with Gasteiger partial charge in [0.25, 0.3) is 0 Å². The van der Waals surface area contributed by atoms with E-state index in [1.165, 1.54) is 34.6 Å². The van der Waals surface area contributed by atoms with Crippen LogP contribution in [-0.2, 0) is 9.59 Å². The Morgan fingerprint density at radius 2 is 1.36 bits per heavy atom. The van der Waals surface area contributed by atoms with Crippen molar-refractivity contribution in [3.8, 4) is 0 Å². The Bertz CT molecular complexity index is 374. The number of unbranched alkanes of at least 4 members (excludes halogenated alkanes) is 5. The minimum Gasteiger partial charge on any atom is -0.550 e. The summed E-state index contributed by atoms with van der Waals surface area (Å²) < 4.78 is 2.80. The van der Waals surface area contributed by atoms with Gasteiger partial charge in [-0.3, -0.25) is 0 Å². The van der Waals surface area contributed by atoms with Gasteiger partial charge in [-0.2, -0.15) is 12.6 Å². The minimum atomic E-state index is -1.03. The van der Waals surface area contributed by atoms with E-state index in [0.717, 1.165) is 19.3 Å². The molecule has 0 rings (SSSR count). The van der Waals surface area contributed by atoms with Crippen molar-refractivity contribution in [1.29, 1.82) is 0 Å². The SMILES string of the molecule is CCC[CH2][Sn+]=[S].CCC[CH2][Sn+]=[S].O=C([O-])CCCCCCC(CCS)C(=O)[O-]. The molecule has 0 aliphatic heterocycles. The molecule has 0 aliphatic rings. The van der Waals surface area contributed by atoms with Gasteiger partial charge in [-0.25, -0.2) is 0 Å². The zero-order valence-corrected chi connectivity index (χ0v) is 25.6. The molecule has 0 bridgehead atoms. The third-order valence-corrected chi connectivity index (χ3v) is 9.94. The van der Waals surface area contributed by atoms with E-state index >= 15 is 0 Å². The summed E-state index contributed by atoms with van der Waals surface area (Å²) in [5, 5.41) is 20.8. The second-order valence-corrected chi connectivity index (χ2v) is 15.2. The van der Waals surface area contributed by atoms with E-state index in [9.17, 15) is 19.8 Å². The third kappa shape index (κ3) is 34.8. The van der Waals surface area contributed by atoms with Crippen LogP contribution in [-0.4, -0.2) is 56.1 Å². The van der Waals surface area contributed by atoms with Crippen LogP contribution < -0.4 is 10.2 Å². The standard InChI is InChI=1S/C11H20O4S.2C4H9.2S.2Sn/c12-10(13)6-4-2-1-3-5-9(7-8-16)11(14)15;2*1-3-4-2;;;;/h9,16H,1-8H2,(H,12,13)(H,14,15);2*1,3-4H2,2H3;;;;/q;;;;;2*+1/p-2. The van der Waals surface area contributed by atoms with Crippen LogP contribution in [0.25, 0.3) is 0 Å². The Kier molecular flexibility index (Phi) is 37.0. The van der Waals surface area contributed by atoms with Crippen LogP contribution in [0, 0.1) is 5.92 Å². The predicted molar refractivity (Wildman–Crippen MR) is 126 cm³/mol. The first-order valence-corrected chi connectivity index (χ1v) is 22.6. The van der Waals surface area contributed by atoms with Crippen molar-refractivity contribution in [1.82, 2.24) is 0 Å². The second-order valence-electron chi connectivity index (χ2n) is 6.35. The van der Waals surface area contributed by atoms with Gasteiger partial charge in [0.1, 0.15) is 0 Å². The van der Waals surface area contributed by atoms with Crippen molar-refractivity contribution in [2.45, 2.75) is 93.3 Å². The van der Waals surface area contributed by atoms with Crippen molar-refractivity contribution < 1.29 is 19.8 Å². The topological polar surface area (TPSA) is 80.3 Å². The van der Waals surface area contributed by atoms with Crippen LogP contribution in [0.5, 0.6) is 0 Å². The first-order valence-electron chi connectivity index (χ1n) is 10.1. The number of carboxylic acid groups (broad SMARTS) is 2. The molecule has 1 unspecified atom stereocenters. The van der Waals surface area contributed by atoms with E-state index in [4.69, 9.17) is 18.6 Å². The number of carbonyl (C=O) groups is 2. The van der Waals surface area contributed by atoms with Crippen LogP contribution in [0.15, 0.2) is 0 Å². The van der Waals surface area contributed by atoms with Gasteiger partial charge in [-0.1, -0.05) is 19.3 Å². The summed E-state index contributed by atoms with van der Waals surface area (Å²) >= 11 is 3.54. The molecule has 0 aliphatic carbocycles. The Hall–Kier alpha value is 1.33. The smallest absolute Gasteiger partial charge is 0.0445 e. The Morgan fingerprint density at radius 1 is 0.857 bits per heavy atom. The van der Waals surface area contributed by atoms with Gasteiger partial charge in [0.2, 0.25) is 0 Å². The quantitative estimate of drug-likeness (QED) is 0.154. The monoisotopic (exact) mass is 664 g/mol. The number of carboxylic acids is 2. The second kappa shape index (κ2) is 30.5. The van der Waals surface area contributed by atoms with Crippen molar-refractivity contribution in [3.63, 3.8) is 0 Å². The maximum atomic E-state index is 10.7. The number of aliphatic carboxylic acids is 2. The number of hydrogen-bond donors (Lipinski definition) is 1. The van der Waals surface area contributed by atoms with Crippen LogP contribution in [0.3, 0.4) is 0 Å². The zero-order valence-electron chi connectivity index (χ0n) is 17.4. The molecule has 9 heteroatoms. The Morgan fingerprint density at radius 3 is 1.68 bits per heavy atom. The molecule has 0 heterocycles. The number of rotatable bonds is 16. The average Bonchev–Trinajstić information content (AvgIpc) is 2.67. The summed E-state index contributed by atoms with van der Waals surface area (Å²) in [6.07, 6.45) is 9.68. The molecule has 4 nitrogen and oxygen atoms in total. The van der Waals surface area contributed by atoms with Crippen molar-refractivity contribution in [3.05, 3.63) is 0 Å². The molecule has 0 radical (unpaired) electrons. The first kappa shape index (κ1) is 34.0. The Balaban J connectivity index is -0.000000426. The molecule has 1 atom stereocenters. The van der Waals surface area contributed by atoms with Gasteiger partial charge >= 0.3 is 105 Å². The van der Waals surface area contributed by atoms with Crippen LogP contribution in [0.1, 0.15) is 84.5 Å². The van der Waals surface area contributed by atoms with E-state index in [2.05, 4.69) is 26.5 Å². The zero-order chi connectivity index (χ0) is 22.0. The van der Waals surface area contributed by atoms with Crippen LogP contribution in [0.4, 0.5) is 0 Å². The maximum Gasteiger partial charge on any atom is 0.0445 e. The molecule has 0 saturated heterocycles. The molecular weight excluding hydrogens is 626 g/mol. The molecule has 0 N–H and O–H groups in total. The summed E-state index contributed by atoms with van der Waals surface area (Å²) in [6.45, 7) is 4.43. The molecule has 0 aromatic carbocycles. The van der Waals surface area contributed by atoms with E-state index in [1.807, 2.05) is 0 Å². The summed E-state index contributed by atoms with van der Waals surface area (Å²) in [5.74, 6) is -1.91. The fourth-order valence-electron chi connectivity index (χ4n) is 2.05. The molecule has 28 heavy (non-hydrogen) atoms. The molecule has 0 saturated carbocycles. The van der Waals surface area contributed by atoms with Gasteiger partial charge in [0.15, 0.2) is 0 Å². The number of hydrogen-bond acceptors (Lipinski definition) is 7. The molecule has 162 valence electrons. The largest absolute Gasteiger partial charge is 0.550 e. The van der Waals surface area contributed by atoms with Crippen molar-refractivity contribution >= 4 is 81.5 Å². The fraction of sp³-hybridized carbons (Fsp3) is 0.895. The molecule has 0 spiro atoms. The molecule has 0 amide bonds. The number of carbonyl (C=O) groups excluding carboxylic acids is 2. The van der Waals surface area contributed by atoms with Crippen molar-refractivity contribution in [2.75, 3.05) is 5.75 Å². The summed E-state index contributed by atoms with van der Waals surface area (Å²) in [4.78, 5) is 20.8. The van der Waals surface area contributed by atoms with E-state index in [-0.39, 0.29) is 44.8 Å². The summed E-state index contributed by atoms with van der Waals surface area (Å²) in [7, 11) is 9.77.